The summed E-state index contributed by atoms with van der Waals surface area (Å²) in [5.41, 5.74) is 5.73. The van der Waals surface area contributed by atoms with Gasteiger partial charge >= 0.3 is 12.3 Å². The van der Waals surface area contributed by atoms with E-state index in [1.54, 1.807) is 6.92 Å². The Labute approximate surface area is 152 Å². The van der Waals surface area contributed by atoms with E-state index in [9.17, 15) is 22.8 Å². The molecule has 2 aromatic carbocycles. The summed E-state index contributed by atoms with van der Waals surface area (Å²) in [6.45, 7) is 1.70. The summed E-state index contributed by atoms with van der Waals surface area (Å²) in [7, 11) is 1.32. The van der Waals surface area contributed by atoms with E-state index < -0.39 is 24.0 Å². The van der Waals surface area contributed by atoms with Crippen molar-refractivity contribution in [2.45, 2.75) is 13.3 Å². The quantitative estimate of drug-likeness (QED) is 0.771. The number of primary amides is 1. The molecule has 0 radical (unpaired) electrons. The molecule has 0 unspecified atom stereocenters. The molecule has 0 aliphatic rings. The number of alkyl halides is 3. The van der Waals surface area contributed by atoms with Gasteiger partial charge < -0.3 is 19.9 Å². The summed E-state index contributed by atoms with van der Waals surface area (Å²) in [5.74, 6) is -1.93. The van der Waals surface area contributed by atoms with Crippen molar-refractivity contribution < 1.29 is 37.0 Å². The van der Waals surface area contributed by atoms with Gasteiger partial charge in [-0.2, -0.15) is 0 Å². The summed E-state index contributed by atoms with van der Waals surface area (Å²) in [6, 6.07) is 7.43. The number of amides is 1. The highest BCUT2D eigenvalue weighted by Gasteiger charge is 2.31. The van der Waals surface area contributed by atoms with Crippen LogP contribution in [0.4, 0.5) is 13.2 Å². The lowest BCUT2D eigenvalue weighted by Crippen LogP contribution is -2.18. The van der Waals surface area contributed by atoms with Crippen molar-refractivity contribution in [1.82, 2.24) is 0 Å². The number of carbonyl (C=O) groups excluding carboxylic acids is 2. The van der Waals surface area contributed by atoms with E-state index in [4.69, 9.17) is 15.2 Å². The standard InChI is InChI=1S/C18H16F3NO5/c1-3-26-17(24)12-8-9-13(25-2)15(16(22)23)14(12)10-4-6-11(7-5-10)27-18(19,20)21/h4-9H,3H2,1-2H3,(H2,22,23). The second kappa shape index (κ2) is 7.98. The molecule has 2 N–H and O–H groups in total. The fourth-order valence-electron chi connectivity index (χ4n) is 2.50. The van der Waals surface area contributed by atoms with Gasteiger partial charge in [0.25, 0.3) is 5.91 Å². The Morgan fingerprint density at radius 2 is 1.70 bits per heavy atom. The molecule has 0 fully saturated rings. The van der Waals surface area contributed by atoms with Gasteiger partial charge in [-0.05, 0) is 36.8 Å². The van der Waals surface area contributed by atoms with Gasteiger partial charge in [-0.15, -0.1) is 13.2 Å². The Morgan fingerprint density at radius 1 is 1.07 bits per heavy atom. The number of hydrogen-bond acceptors (Lipinski definition) is 5. The number of ether oxygens (including phenoxy) is 3. The third kappa shape index (κ3) is 4.69. The Hall–Kier alpha value is -3.23. The number of nitrogens with two attached hydrogens (primary N) is 1. The summed E-state index contributed by atoms with van der Waals surface area (Å²) in [6.07, 6.45) is -4.84. The van der Waals surface area contributed by atoms with Gasteiger partial charge in [-0.3, -0.25) is 4.79 Å². The van der Waals surface area contributed by atoms with Crippen LogP contribution in [0.1, 0.15) is 27.6 Å². The summed E-state index contributed by atoms with van der Waals surface area (Å²) in [4.78, 5) is 24.3. The molecule has 0 aliphatic heterocycles. The lowest BCUT2D eigenvalue weighted by atomic mass is 9.93. The molecule has 0 aromatic heterocycles. The molecule has 0 spiro atoms. The van der Waals surface area contributed by atoms with E-state index in [1.165, 1.54) is 31.4 Å². The number of carbonyl (C=O) groups is 2. The van der Waals surface area contributed by atoms with E-state index in [-0.39, 0.29) is 34.6 Å². The van der Waals surface area contributed by atoms with Crippen LogP contribution in [0.2, 0.25) is 0 Å². The molecule has 2 aromatic rings. The molecule has 0 aliphatic carbocycles. The van der Waals surface area contributed by atoms with Gasteiger partial charge in [0.05, 0.1) is 24.8 Å². The topological polar surface area (TPSA) is 87.9 Å². The first-order valence-electron chi connectivity index (χ1n) is 7.72. The Morgan fingerprint density at radius 3 is 2.19 bits per heavy atom. The zero-order valence-corrected chi connectivity index (χ0v) is 14.4. The molecule has 9 heteroatoms. The van der Waals surface area contributed by atoms with Crippen molar-refractivity contribution in [2.24, 2.45) is 5.73 Å². The Bertz CT molecular complexity index is 847. The first-order valence-corrected chi connectivity index (χ1v) is 7.72. The zero-order chi connectivity index (χ0) is 20.2. The summed E-state index contributed by atoms with van der Waals surface area (Å²) < 4.78 is 50.9. The fraction of sp³-hybridized carbons (Fsp3) is 0.222. The van der Waals surface area contributed by atoms with E-state index in [0.29, 0.717) is 0 Å². The van der Waals surface area contributed by atoms with E-state index in [1.807, 2.05) is 0 Å². The highest BCUT2D eigenvalue weighted by atomic mass is 19.4. The normalized spacial score (nSPS) is 11.0. The maximum atomic E-state index is 12.3. The van der Waals surface area contributed by atoms with Crippen LogP contribution >= 0.6 is 0 Å². The second-order valence-corrected chi connectivity index (χ2v) is 5.22. The molecule has 0 saturated heterocycles. The number of benzene rings is 2. The van der Waals surface area contributed by atoms with Crippen LogP contribution in [0.15, 0.2) is 36.4 Å². The van der Waals surface area contributed by atoms with Crippen molar-refractivity contribution in [1.29, 1.82) is 0 Å². The van der Waals surface area contributed by atoms with Crippen LogP contribution in [-0.4, -0.2) is 32.0 Å². The lowest BCUT2D eigenvalue weighted by Gasteiger charge is -2.16. The van der Waals surface area contributed by atoms with Gasteiger partial charge in [-0.25, -0.2) is 4.79 Å². The van der Waals surface area contributed by atoms with Crippen molar-refractivity contribution in [2.75, 3.05) is 13.7 Å². The minimum Gasteiger partial charge on any atom is -0.496 e. The smallest absolute Gasteiger partial charge is 0.496 e. The molecule has 1 amide bonds. The maximum Gasteiger partial charge on any atom is 0.573 e. The SMILES string of the molecule is CCOC(=O)c1ccc(OC)c(C(N)=O)c1-c1ccc(OC(F)(F)F)cc1. The van der Waals surface area contributed by atoms with Gasteiger partial charge in [0.1, 0.15) is 11.5 Å². The molecule has 0 bridgehead atoms. The van der Waals surface area contributed by atoms with Crippen LogP contribution in [0.3, 0.4) is 0 Å². The lowest BCUT2D eigenvalue weighted by molar-refractivity contribution is -0.274. The molecule has 0 atom stereocenters. The molecule has 144 valence electrons. The number of halogens is 3. The molecule has 2 rings (SSSR count). The molecular formula is C18H16F3NO5. The van der Waals surface area contributed by atoms with Gasteiger partial charge in [0, 0.05) is 5.56 Å². The van der Waals surface area contributed by atoms with Crippen LogP contribution in [0, 0.1) is 0 Å². The predicted molar refractivity (Wildman–Crippen MR) is 89.6 cm³/mol. The molecule has 0 heterocycles. The van der Waals surface area contributed by atoms with Crippen molar-refractivity contribution in [3.8, 4) is 22.6 Å². The third-order valence-corrected chi connectivity index (χ3v) is 3.51. The number of methoxy groups -OCH3 is 1. The molecule has 0 saturated carbocycles. The zero-order valence-electron chi connectivity index (χ0n) is 14.4. The first-order chi connectivity index (χ1) is 12.7. The number of hydrogen-bond donors (Lipinski definition) is 1. The predicted octanol–water partition coefficient (Wildman–Crippen LogP) is 3.54. The summed E-state index contributed by atoms with van der Waals surface area (Å²) in [5, 5.41) is 0. The highest BCUT2D eigenvalue weighted by molar-refractivity contribution is 6.09. The van der Waals surface area contributed by atoms with Crippen molar-refractivity contribution in [3.05, 3.63) is 47.5 Å². The van der Waals surface area contributed by atoms with Crippen molar-refractivity contribution >= 4 is 11.9 Å². The van der Waals surface area contributed by atoms with Gasteiger partial charge in [-0.1, -0.05) is 12.1 Å². The van der Waals surface area contributed by atoms with Crippen molar-refractivity contribution in [3.63, 3.8) is 0 Å². The Kier molecular flexibility index (Phi) is 5.94. The molecule has 27 heavy (non-hydrogen) atoms. The van der Waals surface area contributed by atoms with Crippen LogP contribution in [0.25, 0.3) is 11.1 Å². The molecular weight excluding hydrogens is 367 g/mol. The van der Waals surface area contributed by atoms with E-state index >= 15 is 0 Å². The summed E-state index contributed by atoms with van der Waals surface area (Å²) >= 11 is 0. The van der Waals surface area contributed by atoms with Crippen LogP contribution in [-0.2, 0) is 4.74 Å². The third-order valence-electron chi connectivity index (χ3n) is 3.51. The average Bonchev–Trinajstić information content (AvgIpc) is 2.59. The minimum absolute atomic E-state index is 0.0240. The second-order valence-electron chi connectivity index (χ2n) is 5.22. The van der Waals surface area contributed by atoms with Crippen LogP contribution in [0.5, 0.6) is 11.5 Å². The minimum atomic E-state index is -4.84. The maximum absolute atomic E-state index is 12.3. The fourth-order valence-corrected chi connectivity index (χ4v) is 2.50. The van der Waals surface area contributed by atoms with E-state index in [0.717, 1.165) is 12.1 Å². The van der Waals surface area contributed by atoms with Gasteiger partial charge in [0.2, 0.25) is 0 Å². The average molecular weight is 383 g/mol. The van der Waals surface area contributed by atoms with Gasteiger partial charge in [0.15, 0.2) is 0 Å². The monoisotopic (exact) mass is 383 g/mol. The largest absolute Gasteiger partial charge is 0.573 e. The Balaban J connectivity index is 2.64. The number of rotatable bonds is 6. The van der Waals surface area contributed by atoms with Crippen LogP contribution < -0.4 is 15.2 Å². The molecule has 6 nitrogen and oxygen atoms in total. The highest BCUT2D eigenvalue weighted by Crippen LogP contribution is 2.35. The first kappa shape index (κ1) is 20.1. The number of esters is 1. The van der Waals surface area contributed by atoms with E-state index in [2.05, 4.69) is 4.74 Å².